The first-order valence-corrected chi connectivity index (χ1v) is 4.46. The van der Waals surface area contributed by atoms with Gasteiger partial charge in [-0.3, -0.25) is 4.79 Å². The number of primary amides is 1. The van der Waals surface area contributed by atoms with E-state index in [-0.39, 0.29) is 11.9 Å². The third-order valence-corrected chi connectivity index (χ3v) is 1.86. The molecular weight excluding hydrogens is 176 g/mol. The van der Waals surface area contributed by atoms with Gasteiger partial charge in [-0.1, -0.05) is 24.3 Å². The third kappa shape index (κ3) is 2.94. The van der Waals surface area contributed by atoms with Gasteiger partial charge in [-0.25, -0.2) is 0 Å². The molecule has 1 unspecified atom stereocenters. The number of anilines is 1. The van der Waals surface area contributed by atoms with Crippen LogP contribution in [-0.4, -0.2) is 11.9 Å². The number of hydrogen-bond acceptors (Lipinski definition) is 2. The first kappa shape index (κ1) is 10.3. The van der Waals surface area contributed by atoms with Crippen LogP contribution in [0.5, 0.6) is 0 Å². The van der Waals surface area contributed by atoms with Crippen LogP contribution in [0.25, 0.3) is 0 Å². The summed E-state index contributed by atoms with van der Waals surface area (Å²) >= 11 is 0. The van der Waals surface area contributed by atoms with E-state index in [0.717, 1.165) is 5.69 Å². The first-order valence-electron chi connectivity index (χ1n) is 4.46. The summed E-state index contributed by atoms with van der Waals surface area (Å²) in [5.41, 5.74) is 6.11. The molecule has 3 heteroatoms. The lowest BCUT2D eigenvalue weighted by atomic mass is 10.2. The van der Waals surface area contributed by atoms with Crippen molar-refractivity contribution in [3.8, 4) is 0 Å². The van der Waals surface area contributed by atoms with Crippen molar-refractivity contribution in [2.45, 2.75) is 12.5 Å². The molecule has 1 rings (SSSR count). The Morgan fingerprint density at radius 2 is 2.14 bits per heavy atom. The van der Waals surface area contributed by atoms with Crippen LogP contribution >= 0.6 is 0 Å². The molecule has 14 heavy (non-hydrogen) atoms. The van der Waals surface area contributed by atoms with E-state index in [1.54, 1.807) is 6.08 Å². The Kier molecular flexibility index (Phi) is 3.73. The summed E-state index contributed by atoms with van der Waals surface area (Å²) in [4.78, 5) is 11.0. The molecule has 0 bridgehead atoms. The zero-order valence-electron chi connectivity index (χ0n) is 7.94. The second kappa shape index (κ2) is 5.07. The van der Waals surface area contributed by atoms with Crippen molar-refractivity contribution >= 4 is 11.6 Å². The minimum absolute atomic E-state index is 0.367. The quantitative estimate of drug-likeness (QED) is 0.692. The van der Waals surface area contributed by atoms with E-state index in [9.17, 15) is 4.79 Å². The number of nitrogens with two attached hydrogens (primary N) is 1. The Labute approximate surface area is 83.6 Å². The van der Waals surface area contributed by atoms with Crippen molar-refractivity contribution in [1.29, 1.82) is 0 Å². The second-order valence-electron chi connectivity index (χ2n) is 2.99. The number of carbonyl (C=O) groups is 1. The molecule has 0 aliphatic rings. The van der Waals surface area contributed by atoms with Crippen molar-refractivity contribution in [3.63, 3.8) is 0 Å². The monoisotopic (exact) mass is 190 g/mol. The molecule has 0 heterocycles. The minimum Gasteiger partial charge on any atom is -0.373 e. The molecule has 1 aromatic rings. The van der Waals surface area contributed by atoms with E-state index >= 15 is 0 Å². The molecule has 0 fully saturated rings. The maximum atomic E-state index is 11.0. The van der Waals surface area contributed by atoms with Gasteiger partial charge in [0.15, 0.2) is 0 Å². The maximum absolute atomic E-state index is 11.0. The molecule has 0 spiro atoms. The molecular formula is C11H14N2O. The number of nitrogens with one attached hydrogen (secondary N) is 1. The lowest BCUT2D eigenvalue weighted by Gasteiger charge is -2.14. The molecule has 3 N–H and O–H groups in total. The van der Waals surface area contributed by atoms with Gasteiger partial charge in [0.2, 0.25) is 5.91 Å². The maximum Gasteiger partial charge on any atom is 0.240 e. The normalized spacial score (nSPS) is 11.7. The second-order valence-corrected chi connectivity index (χ2v) is 2.99. The molecule has 1 aromatic carbocycles. The van der Waals surface area contributed by atoms with Crippen molar-refractivity contribution in [2.24, 2.45) is 5.73 Å². The Morgan fingerprint density at radius 3 is 2.64 bits per heavy atom. The SMILES string of the molecule is C=CCC(Nc1ccccc1)C(N)=O. The van der Waals surface area contributed by atoms with Gasteiger partial charge in [0, 0.05) is 5.69 Å². The molecule has 0 aliphatic heterocycles. The van der Waals surface area contributed by atoms with Crippen LogP contribution in [0.3, 0.4) is 0 Å². The smallest absolute Gasteiger partial charge is 0.240 e. The van der Waals surface area contributed by atoms with Crippen molar-refractivity contribution in [1.82, 2.24) is 0 Å². The third-order valence-electron chi connectivity index (χ3n) is 1.86. The molecule has 1 amide bonds. The van der Waals surface area contributed by atoms with Gasteiger partial charge in [0.25, 0.3) is 0 Å². The van der Waals surface area contributed by atoms with Gasteiger partial charge >= 0.3 is 0 Å². The fourth-order valence-corrected chi connectivity index (χ4v) is 1.15. The first-order chi connectivity index (χ1) is 6.74. The largest absolute Gasteiger partial charge is 0.373 e. The number of carbonyl (C=O) groups excluding carboxylic acids is 1. The molecule has 3 nitrogen and oxygen atoms in total. The van der Waals surface area contributed by atoms with Crippen LogP contribution < -0.4 is 11.1 Å². The van der Waals surface area contributed by atoms with E-state index in [1.165, 1.54) is 0 Å². The number of hydrogen-bond donors (Lipinski definition) is 2. The lowest BCUT2D eigenvalue weighted by molar-refractivity contribution is -0.118. The van der Waals surface area contributed by atoms with Gasteiger partial charge < -0.3 is 11.1 Å². The summed E-state index contributed by atoms with van der Waals surface area (Å²) < 4.78 is 0. The van der Waals surface area contributed by atoms with Gasteiger partial charge in [-0.15, -0.1) is 6.58 Å². The average molecular weight is 190 g/mol. The summed E-state index contributed by atoms with van der Waals surface area (Å²) in [6.07, 6.45) is 2.20. The average Bonchev–Trinajstić information content (AvgIpc) is 2.18. The minimum atomic E-state index is -0.380. The van der Waals surface area contributed by atoms with E-state index in [1.807, 2.05) is 30.3 Å². The predicted octanol–water partition coefficient (Wildman–Crippen LogP) is 1.53. The molecule has 0 saturated carbocycles. The molecule has 0 saturated heterocycles. The molecule has 0 aliphatic carbocycles. The van der Waals surface area contributed by atoms with E-state index in [2.05, 4.69) is 11.9 Å². The summed E-state index contributed by atoms with van der Waals surface area (Å²) in [5.74, 6) is -0.367. The highest BCUT2D eigenvalue weighted by Gasteiger charge is 2.12. The molecule has 0 radical (unpaired) electrons. The lowest BCUT2D eigenvalue weighted by Crippen LogP contribution is -2.34. The van der Waals surface area contributed by atoms with Crippen LogP contribution in [0.1, 0.15) is 6.42 Å². The zero-order valence-corrected chi connectivity index (χ0v) is 7.94. The Bertz CT molecular complexity index is 308. The van der Waals surface area contributed by atoms with Crippen molar-refractivity contribution in [3.05, 3.63) is 43.0 Å². The highest BCUT2D eigenvalue weighted by Crippen LogP contribution is 2.08. The van der Waals surface area contributed by atoms with E-state index in [0.29, 0.717) is 6.42 Å². The number of para-hydroxylation sites is 1. The van der Waals surface area contributed by atoms with Gasteiger partial charge in [-0.2, -0.15) is 0 Å². The van der Waals surface area contributed by atoms with Crippen LogP contribution in [0, 0.1) is 0 Å². The highest BCUT2D eigenvalue weighted by molar-refractivity contribution is 5.83. The summed E-state index contributed by atoms with van der Waals surface area (Å²) in [6, 6.07) is 9.11. The van der Waals surface area contributed by atoms with Crippen molar-refractivity contribution in [2.75, 3.05) is 5.32 Å². The summed E-state index contributed by atoms with van der Waals surface area (Å²) in [6.45, 7) is 3.58. The van der Waals surface area contributed by atoms with E-state index < -0.39 is 0 Å². The Morgan fingerprint density at radius 1 is 1.50 bits per heavy atom. The van der Waals surface area contributed by atoms with Crippen LogP contribution in [0.4, 0.5) is 5.69 Å². The standard InChI is InChI=1S/C11H14N2O/c1-2-6-10(11(12)14)13-9-7-4-3-5-8-9/h2-5,7-8,10,13H,1,6H2,(H2,12,14). The topological polar surface area (TPSA) is 55.1 Å². The van der Waals surface area contributed by atoms with Gasteiger partial charge in [0.05, 0.1) is 0 Å². The van der Waals surface area contributed by atoms with Crippen LogP contribution in [-0.2, 0) is 4.79 Å². The molecule has 74 valence electrons. The van der Waals surface area contributed by atoms with Crippen LogP contribution in [0.15, 0.2) is 43.0 Å². The number of amides is 1. The highest BCUT2D eigenvalue weighted by atomic mass is 16.1. The fraction of sp³-hybridized carbons (Fsp3) is 0.182. The molecule has 1 atom stereocenters. The summed E-state index contributed by atoms with van der Waals surface area (Å²) in [5, 5.41) is 3.03. The van der Waals surface area contributed by atoms with Crippen molar-refractivity contribution < 1.29 is 4.79 Å². The fourth-order valence-electron chi connectivity index (χ4n) is 1.15. The van der Waals surface area contributed by atoms with Gasteiger partial charge in [-0.05, 0) is 18.6 Å². The zero-order chi connectivity index (χ0) is 10.4. The predicted molar refractivity (Wildman–Crippen MR) is 57.9 cm³/mol. The van der Waals surface area contributed by atoms with Crippen LogP contribution in [0.2, 0.25) is 0 Å². The van der Waals surface area contributed by atoms with Gasteiger partial charge in [0.1, 0.15) is 6.04 Å². The summed E-state index contributed by atoms with van der Waals surface area (Å²) in [7, 11) is 0. The Balaban J connectivity index is 2.64. The molecule has 0 aromatic heterocycles. The number of benzene rings is 1. The van der Waals surface area contributed by atoms with E-state index in [4.69, 9.17) is 5.73 Å². The Hall–Kier alpha value is -1.77. The number of rotatable bonds is 5.